The van der Waals surface area contributed by atoms with Gasteiger partial charge in [-0.1, -0.05) is 16.9 Å². The van der Waals surface area contributed by atoms with E-state index in [9.17, 15) is 28.8 Å². The molecule has 11 nitrogen and oxygen atoms in total. The number of nitrogens with zero attached hydrogens (tertiary/aromatic N) is 1. The molecule has 0 aromatic carbocycles. The van der Waals surface area contributed by atoms with Crippen LogP contribution in [0, 0.1) is 5.92 Å². The van der Waals surface area contributed by atoms with E-state index in [2.05, 4.69) is 9.44 Å². The van der Waals surface area contributed by atoms with E-state index in [1.54, 1.807) is 0 Å². The van der Waals surface area contributed by atoms with Gasteiger partial charge in [-0.05, 0) is 6.42 Å². The van der Waals surface area contributed by atoms with Crippen LogP contribution in [0.3, 0.4) is 0 Å². The van der Waals surface area contributed by atoms with Gasteiger partial charge in [0.15, 0.2) is 6.29 Å². The normalized spacial score (nSPS) is 32.8. The van der Waals surface area contributed by atoms with Crippen molar-refractivity contribution in [1.82, 2.24) is 0 Å². The SMILES string of the molecule is O=S(=O)(O)ON=C(CCCO)SC1OC(O)C(O)C(O)C1CO. The van der Waals surface area contributed by atoms with E-state index in [0.29, 0.717) is 11.8 Å². The van der Waals surface area contributed by atoms with Crippen LogP contribution < -0.4 is 0 Å². The standard InChI is InChI=1S/C10H19NO10S2/c12-3-1-2-6(11-21-23(17,18)19)22-10-5(4-13)7(14)8(15)9(16)20-10/h5,7-10,12-16H,1-4H2,(H,17,18,19). The lowest BCUT2D eigenvalue weighted by Gasteiger charge is -2.39. The fourth-order valence-electron chi connectivity index (χ4n) is 1.79. The van der Waals surface area contributed by atoms with Crippen LogP contribution >= 0.6 is 11.8 Å². The third-order valence-corrected chi connectivity index (χ3v) is 4.46. The molecule has 0 amide bonds. The summed E-state index contributed by atoms with van der Waals surface area (Å²) in [4.78, 5) is 0. The Balaban J connectivity index is 2.87. The fourth-order valence-corrected chi connectivity index (χ4v) is 3.22. The van der Waals surface area contributed by atoms with Crippen LogP contribution in [0.2, 0.25) is 0 Å². The second-order valence-electron chi connectivity index (χ2n) is 4.65. The number of hydrogen-bond donors (Lipinski definition) is 6. The molecule has 1 aliphatic heterocycles. The van der Waals surface area contributed by atoms with Crippen molar-refractivity contribution in [3.8, 4) is 0 Å². The number of oxime groups is 1. The lowest BCUT2D eigenvalue weighted by Crippen LogP contribution is -2.54. The maximum absolute atomic E-state index is 10.6. The van der Waals surface area contributed by atoms with Gasteiger partial charge in [0.1, 0.15) is 16.6 Å². The molecule has 5 unspecified atom stereocenters. The summed E-state index contributed by atoms with van der Waals surface area (Å²) in [6.07, 6.45) is -4.58. The summed E-state index contributed by atoms with van der Waals surface area (Å²) in [5.41, 5.74) is -1.07. The molecule has 1 rings (SSSR count). The minimum atomic E-state index is -4.83. The maximum Gasteiger partial charge on any atom is 0.466 e. The summed E-state index contributed by atoms with van der Waals surface area (Å²) >= 11 is 0.714. The molecule has 5 atom stereocenters. The van der Waals surface area contributed by atoms with Crippen LogP contribution in [0.5, 0.6) is 0 Å². The number of aliphatic hydroxyl groups is 5. The minimum absolute atomic E-state index is 0.0316. The summed E-state index contributed by atoms with van der Waals surface area (Å²) in [5, 5.41) is 50.1. The topological polar surface area (TPSA) is 186 Å². The van der Waals surface area contributed by atoms with Gasteiger partial charge in [0.2, 0.25) is 0 Å². The zero-order valence-corrected chi connectivity index (χ0v) is 13.4. The third-order valence-electron chi connectivity index (χ3n) is 2.95. The Morgan fingerprint density at radius 1 is 1.22 bits per heavy atom. The van der Waals surface area contributed by atoms with Crippen molar-refractivity contribution in [1.29, 1.82) is 0 Å². The molecule has 13 heteroatoms. The van der Waals surface area contributed by atoms with Crippen molar-refractivity contribution in [2.24, 2.45) is 11.1 Å². The number of aliphatic hydroxyl groups excluding tert-OH is 5. The molecule has 136 valence electrons. The van der Waals surface area contributed by atoms with Gasteiger partial charge in [-0.15, -0.1) is 0 Å². The van der Waals surface area contributed by atoms with Gasteiger partial charge >= 0.3 is 10.4 Å². The Morgan fingerprint density at radius 2 is 1.87 bits per heavy atom. The van der Waals surface area contributed by atoms with Crippen LogP contribution in [0.15, 0.2) is 5.16 Å². The summed E-state index contributed by atoms with van der Waals surface area (Å²) in [6, 6.07) is 0. The number of thioether (sulfide) groups is 1. The fraction of sp³-hybridized carbons (Fsp3) is 0.900. The molecule has 0 saturated carbocycles. The smallest absolute Gasteiger partial charge is 0.396 e. The largest absolute Gasteiger partial charge is 0.466 e. The monoisotopic (exact) mass is 377 g/mol. The molecule has 0 aromatic rings. The highest BCUT2D eigenvalue weighted by molar-refractivity contribution is 8.14. The molecule has 1 heterocycles. The molecule has 1 aliphatic rings. The van der Waals surface area contributed by atoms with Gasteiger partial charge in [0.25, 0.3) is 0 Å². The van der Waals surface area contributed by atoms with Crippen LogP contribution in [-0.2, 0) is 19.4 Å². The molecule has 0 spiro atoms. The highest BCUT2D eigenvalue weighted by atomic mass is 32.3. The van der Waals surface area contributed by atoms with Gasteiger partial charge in [0.05, 0.1) is 12.7 Å². The first kappa shape index (κ1) is 20.5. The van der Waals surface area contributed by atoms with Crippen molar-refractivity contribution in [2.45, 2.75) is 36.8 Å². The van der Waals surface area contributed by atoms with Crippen LogP contribution in [-0.4, -0.2) is 80.7 Å². The Morgan fingerprint density at radius 3 is 2.39 bits per heavy atom. The average molecular weight is 377 g/mol. The molecule has 0 radical (unpaired) electrons. The van der Waals surface area contributed by atoms with E-state index in [4.69, 9.17) is 14.4 Å². The maximum atomic E-state index is 10.6. The highest BCUT2D eigenvalue weighted by Gasteiger charge is 2.44. The van der Waals surface area contributed by atoms with E-state index in [0.717, 1.165) is 0 Å². The van der Waals surface area contributed by atoms with E-state index in [1.807, 2.05) is 0 Å². The molecule has 1 fully saturated rings. The first-order chi connectivity index (χ1) is 10.7. The van der Waals surface area contributed by atoms with Crippen LogP contribution in [0.1, 0.15) is 12.8 Å². The van der Waals surface area contributed by atoms with Gasteiger partial charge in [-0.2, -0.15) is 8.42 Å². The molecule has 23 heavy (non-hydrogen) atoms. The summed E-state index contributed by atoms with van der Waals surface area (Å²) in [5.74, 6) is -0.997. The third kappa shape index (κ3) is 6.48. The average Bonchev–Trinajstić information content (AvgIpc) is 2.47. The number of hydrogen-bond acceptors (Lipinski definition) is 11. The molecular weight excluding hydrogens is 358 g/mol. The van der Waals surface area contributed by atoms with E-state index >= 15 is 0 Å². The van der Waals surface area contributed by atoms with Crippen molar-refractivity contribution in [3.05, 3.63) is 0 Å². The van der Waals surface area contributed by atoms with Crippen molar-refractivity contribution >= 4 is 27.2 Å². The summed E-state index contributed by atoms with van der Waals surface area (Å²) in [7, 11) is -4.83. The van der Waals surface area contributed by atoms with Crippen molar-refractivity contribution < 1.29 is 47.5 Å². The van der Waals surface area contributed by atoms with E-state index in [-0.39, 0.29) is 24.5 Å². The Bertz CT molecular complexity index is 498. The molecule has 1 saturated heterocycles. The van der Waals surface area contributed by atoms with E-state index in [1.165, 1.54) is 0 Å². The summed E-state index contributed by atoms with van der Waals surface area (Å²) in [6.45, 7) is -0.820. The number of ether oxygens (including phenoxy) is 1. The molecule has 0 aliphatic carbocycles. The Kier molecular flexibility index (Phi) is 8.12. The molecule has 0 bridgehead atoms. The first-order valence-corrected chi connectivity index (χ1v) is 8.75. The first-order valence-electron chi connectivity index (χ1n) is 6.50. The molecule has 6 N–H and O–H groups in total. The van der Waals surface area contributed by atoms with E-state index < -0.39 is 46.9 Å². The lowest BCUT2D eigenvalue weighted by molar-refractivity contribution is -0.252. The minimum Gasteiger partial charge on any atom is -0.396 e. The van der Waals surface area contributed by atoms with Gasteiger partial charge in [0, 0.05) is 18.9 Å². The van der Waals surface area contributed by atoms with Crippen molar-refractivity contribution in [3.63, 3.8) is 0 Å². The number of rotatable bonds is 7. The second-order valence-corrected chi connectivity index (χ2v) is 6.83. The zero-order chi connectivity index (χ0) is 17.6. The van der Waals surface area contributed by atoms with Crippen molar-refractivity contribution in [2.75, 3.05) is 13.2 Å². The summed E-state index contributed by atoms with van der Waals surface area (Å²) < 4.78 is 38.6. The van der Waals surface area contributed by atoms with Gasteiger partial charge in [-0.3, -0.25) is 4.55 Å². The lowest BCUT2D eigenvalue weighted by atomic mass is 9.96. The highest BCUT2D eigenvalue weighted by Crippen LogP contribution is 2.33. The predicted octanol–water partition coefficient (Wildman–Crippen LogP) is -2.37. The van der Waals surface area contributed by atoms with Gasteiger partial charge in [-0.25, -0.2) is 4.28 Å². The predicted molar refractivity (Wildman–Crippen MR) is 77.4 cm³/mol. The van der Waals surface area contributed by atoms with Crippen LogP contribution in [0.25, 0.3) is 0 Å². The Hall–Kier alpha value is -0.510. The quantitative estimate of drug-likeness (QED) is 0.120. The zero-order valence-electron chi connectivity index (χ0n) is 11.8. The van der Waals surface area contributed by atoms with Crippen LogP contribution in [0.4, 0.5) is 0 Å². The molecule has 0 aromatic heterocycles. The van der Waals surface area contributed by atoms with Gasteiger partial charge < -0.3 is 30.3 Å². The second kappa shape index (κ2) is 9.10. The molecular formula is C10H19NO10S2. The Labute approximate surface area is 136 Å².